The van der Waals surface area contributed by atoms with Crippen molar-refractivity contribution in [3.63, 3.8) is 0 Å². The van der Waals surface area contributed by atoms with Crippen LogP contribution in [-0.4, -0.2) is 44.8 Å². The third-order valence-electron chi connectivity index (χ3n) is 5.37. The lowest BCUT2D eigenvalue weighted by molar-refractivity contribution is -0.129. The van der Waals surface area contributed by atoms with Crippen LogP contribution < -0.4 is 5.32 Å². The molecule has 0 aromatic heterocycles. The molecule has 1 fully saturated rings. The fourth-order valence-corrected chi connectivity index (χ4v) is 5.22. The van der Waals surface area contributed by atoms with Gasteiger partial charge in [-0.25, -0.2) is 9.79 Å². The number of thioether (sulfide) groups is 1. The summed E-state index contributed by atoms with van der Waals surface area (Å²) in [7, 11) is 0. The number of aliphatic imine (C=N–C) groups is 1. The van der Waals surface area contributed by atoms with E-state index in [0.29, 0.717) is 39.6 Å². The Morgan fingerprint density at radius 2 is 1.69 bits per heavy atom. The summed E-state index contributed by atoms with van der Waals surface area (Å²) in [4.78, 5) is 43.4. The van der Waals surface area contributed by atoms with Gasteiger partial charge < -0.3 is 10.4 Å². The molecule has 3 aromatic rings. The minimum Gasteiger partial charge on any atom is -0.478 e. The third-order valence-corrected chi connectivity index (χ3v) is 6.99. The monoisotopic (exact) mass is 541 g/mol. The van der Waals surface area contributed by atoms with Crippen LogP contribution >= 0.6 is 35.0 Å². The SMILES string of the molecule is O=C(O)c1ccc(NC(=O)[C@@H]2CC(=O)N(CCc3ccccc3)C(=Nc3cc(Cl)cc(Cl)c3)S2)cc1. The van der Waals surface area contributed by atoms with Crippen LogP contribution in [0.25, 0.3) is 0 Å². The molecule has 0 saturated carbocycles. The Kier molecular flexibility index (Phi) is 8.30. The highest BCUT2D eigenvalue weighted by Crippen LogP contribution is 2.32. The van der Waals surface area contributed by atoms with Gasteiger partial charge in [-0.15, -0.1) is 0 Å². The van der Waals surface area contributed by atoms with Crippen molar-refractivity contribution in [3.8, 4) is 0 Å². The van der Waals surface area contributed by atoms with Crippen LogP contribution in [0.1, 0.15) is 22.3 Å². The molecule has 3 aromatic carbocycles. The zero-order valence-corrected chi connectivity index (χ0v) is 21.2. The summed E-state index contributed by atoms with van der Waals surface area (Å²) in [5.74, 6) is -1.66. The quantitative estimate of drug-likeness (QED) is 0.388. The van der Waals surface area contributed by atoms with Crippen LogP contribution in [0.5, 0.6) is 0 Å². The summed E-state index contributed by atoms with van der Waals surface area (Å²) in [6, 6.07) is 20.5. The van der Waals surface area contributed by atoms with Gasteiger partial charge in [0.25, 0.3) is 0 Å². The lowest BCUT2D eigenvalue weighted by atomic mass is 10.1. The molecule has 4 rings (SSSR count). The van der Waals surface area contributed by atoms with Crippen LogP contribution in [0.2, 0.25) is 10.0 Å². The molecule has 0 aliphatic carbocycles. The molecule has 10 heteroatoms. The summed E-state index contributed by atoms with van der Waals surface area (Å²) in [5.41, 5.74) is 2.09. The second-order valence-electron chi connectivity index (χ2n) is 7.99. The van der Waals surface area contributed by atoms with E-state index >= 15 is 0 Å². The van der Waals surface area contributed by atoms with E-state index in [9.17, 15) is 14.4 Å². The number of nitrogens with zero attached hydrogens (tertiary/aromatic N) is 2. The number of rotatable bonds is 7. The maximum Gasteiger partial charge on any atom is 0.335 e. The fraction of sp³-hybridized carbons (Fsp3) is 0.154. The first-order chi connectivity index (χ1) is 17.3. The van der Waals surface area contributed by atoms with Crippen molar-refractivity contribution in [2.24, 2.45) is 4.99 Å². The molecule has 1 saturated heterocycles. The number of anilines is 1. The first kappa shape index (κ1) is 25.8. The predicted molar refractivity (Wildman–Crippen MR) is 143 cm³/mol. The maximum absolute atomic E-state index is 13.2. The van der Waals surface area contributed by atoms with Crippen LogP contribution in [0.15, 0.2) is 77.8 Å². The standard InChI is InChI=1S/C26H21Cl2N3O4S/c27-18-12-19(28)14-21(13-18)30-26-31(11-10-16-4-2-1-3-5-16)23(32)15-22(36-26)24(33)29-20-8-6-17(7-9-20)25(34)35/h1-9,12-14,22H,10-11,15H2,(H,29,33)(H,34,35)/t22-/m0/s1. The van der Waals surface area contributed by atoms with E-state index in [1.54, 1.807) is 23.1 Å². The van der Waals surface area contributed by atoms with Gasteiger partial charge in [0.05, 0.1) is 11.3 Å². The number of carboxylic acids is 1. The molecule has 1 aliphatic rings. The van der Waals surface area contributed by atoms with Crippen LogP contribution in [-0.2, 0) is 16.0 Å². The molecule has 0 spiro atoms. The second-order valence-corrected chi connectivity index (χ2v) is 10.0. The molecule has 184 valence electrons. The maximum atomic E-state index is 13.2. The minimum atomic E-state index is -1.06. The Morgan fingerprint density at radius 1 is 1.03 bits per heavy atom. The molecule has 0 bridgehead atoms. The van der Waals surface area contributed by atoms with Crippen molar-refractivity contribution in [2.45, 2.75) is 18.1 Å². The second kappa shape index (κ2) is 11.6. The minimum absolute atomic E-state index is 0.00613. The normalized spacial score (nSPS) is 16.7. The van der Waals surface area contributed by atoms with Gasteiger partial charge in [-0.05, 0) is 54.4 Å². The van der Waals surface area contributed by atoms with Crippen molar-refractivity contribution in [2.75, 3.05) is 11.9 Å². The van der Waals surface area contributed by atoms with Crippen molar-refractivity contribution < 1.29 is 19.5 Å². The van der Waals surface area contributed by atoms with E-state index in [-0.39, 0.29) is 23.8 Å². The lowest BCUT2D eigenvalue weighted by Gasteiger charge is -2.32. The van der Waals surface area contributed by atoms with Crippen LogP contribution in [0, 0.1) is 0 Å². The van der Waals surface area contributed by atoms with Crippen molar-refractivity contribution >= 4 is 69.3 Å². The molecule has 1 heterocycles. The van der Waals surface area contributed by atoms with Gasteiger partial charge in [-0.3, -0.25) is 14.5 Å². The van der Waals surface area contributed by atoms with E-state index in [4.69, 9.17) is 28.3 Å². The van der Waals surface area contributed by atoms with E-state index < -0.39 is 11.2 Å². The van der Waals surface area contributed by atoms with Crippen LogP contribution in [0.4, 0.5) is 11.4 Å². The third kappa shape index (κ3) is 6.66. The lowest BCUT2D eigenvalue weighted by Crippen LogP contribution is -2.46. The number of carbonyl (C=O) groups is 3. The molecule has 0 radical (unpaired) electrons. The van der Waals surface area contributed by atoms with E-state index in [0.717, 1.165) is 5.56 Å². The molecule has 7 nitrogen and oxygen atoms in total. The van der Waals surface area contributed by atoms with E-state index in [1.165, 1.54) is 36.0 Å². The summed E-state index contributed by atoms with van der Waals surface area (Å²) in [6.07, 6.45) is 0.614. The molecule has 1 atom stereocenters. The topological polar surface area (TPSA) is 99.1 Å². The summed E-state index contributed by atoms with van der Waals surface area (Å²) < 4.78 is 0. The first-order valence-corrected chi connectivity index (χ1v) is 12.6. The molecule has 2 amide bonds. The summed E-state index contributed by atoms with van der Waals surface area (Å²) >= 11 is 13.4. The van der Waals surface area contributed by atoms with Gasteiger partial charge in [0.1, 0.15) is 5.25 Å². The van der Waals surface area contributed by atoms with E-state index in [2.05, 4.69) is 10.3 Å². The van der Waals surface area contributed by atoms with Gasteiger partial charge in [0.2, 0.25) is 11.8 Å². The first-order valence-electron chi connectivity index (χ1n) is 11.0. The molecular weight excluding hydrogens is 521 g/mol. The highest BCUT2D eigenvalue weighted by atomic mass is 35.5. The van der Waals surface area contributed by atoms with Crippen LogP contribution in [0.3, 0.4) is 0 Å². The largest absolute Gasteiger partial charge is 0.478 e. The molecule has 1 aliphatic heterocycles. The number of aromatic carboxylic acids is 1. The number of nitrogens with one attached hydrogen (secondary N) is 1. The highest BCUT2D eigenvalue weighted by molar-refractivity contribution is 8.15. The van der Waals surface area contributed by atoms with E-state index in [1.807, 2.05) is 30.3 Å². The smallest absolute Gasteiger partial charge is 0.335 e. The zero-order valence-electron chi connectivity index (χ0n) is 18.9. The average molecular weight is 542 g/mol. The zero-order chi connectivity index (χ0) is 25.7. The van der Waals surface area contributed by atoms with Crippen molar-refractivity contribution in [3.05, 3.63) is 94.0 Å². The number of amides is 2. The Morgan fingerprint density at radius 3 is 2.33 bits per heavy atom. The summed E-state index contributed by atoms with van der Waals surface area (Å²) in [6.45, 7) is 0.397. The number of hydrogen-bond donors (Lipinski definition) is 2. The molecule has 2 N–H and O–H groups in total. The number of carboxylic acid groups (broad SMARTS) is 1. The highest BCUT2D eigenvalue weighted by Gasteiger charge is 2.35. The van der Waals surface area contributed by atoms with Gasteiger partial charge in [0.15, 0.2) is 5.17 Å². The Balaban J connectivity index is 1.56. The van der Waals surface area contributed by atoms with Gasteiger partial charge in [-0.2, -0.15) is 0 Å². The Bertz CT molecular complexity index is 1300. The Labute approximate surface area is 222 Å². The number of benzene rings is 3. The van der Waals surface area contributed by atoms with Crippen molar-refractivity contribution in [1.82, 2.24) is 4.90 Å². The molecule has 0 unspecified atom stereocenters. The summed E-state index contributed by atoms with van der Waals surface area (Å²) in [5, 5.41) is 12.3. The number of carbonyl (C=O) groups excluding carboxylic acids is 2. The molecular formula is C26H21Cl2N3O4S. The number of hydrogen-bond acceptors (Lipinski definition) is 5. The number of halogens is 2. The van der Waals surface area contributed by atoms with Crippen molar-refractivity contribution in [1.29, 1.82) is 0 Å². The van der Waals surface area contributed by atoms with Gasteiger partial charge >= 0.3 is 5.97 Å². The average Bonchev–Trinajstić information content (AvgIpc) is 2.83. The Hall–Kier alpha value is -3.33. The number of amidine groups is 1. The molecule has 36 heavy (non-hydrogen) atoms. The van der Waals surface area contributed by atoms with Gasteiger partial charge in [-0.1, -0.05) is 65.3 Å². The van der Waals surface area contributed by atoms with Gasteiger partial charge in [0, 0.05) is 28.7 Å². The fourth-order valence-electron chi connectivity index (χ4n) is 3.58. The predicted octanol–water partition coefficient (Wildman–Crippen LogP) is 5.89.